The molecule has 0 aliphatic carbocycles. The predicted molar refractivity (Wildman–Crippen MR) is 88.2 cm³/mol. The van der Waals surface area contributed by atoms with Gasteiger partial charge in [-0.3, -0.25) is 0 Å². The van der Waals surface area contributed by atoms with Crippen LogP contribution in [0, 0.1) is 11.7 Å². The number of hydrogen-bond acceptors (Lipinski definition) is 4. The van der Waals surface area contributed by atoms with Crippen molar-refractivity contribution >= 4 is 0 Å². The van der Waals surface area contributed by atoms with Crippen LogP contribution in [0.2, 0.25) is 0 Å². The lowest BCUT2D eigenvalue weighted by Gasteiger charge is -2.32. The molecule has 1 saturated heterocycles. The van der Waals surface area contributed by atoms with Gasteiger partial charge in [0, 0.05) is 25.3 Å². The van der Waals surface area contributed by atoms with Gasteiger partial charge in [-0.2, -0.15) is 0 Å². The van der Waals surface area contributed by atoms with Gasteiger partial charge in [-0.05, 0) is 48.6 Å². The van der Waals surface area contributed by atoms with Crippen molar-refractivity contribution in [3.8, 4) is 17.2 Å². The normalized spacial score (nSPS) is 38.4. The fourth-order valence-corrected chi connectivity index (χ4v) is 2.38. The Morgan fingerprint density at radius 3 is 3.00 bits per heavy atom. The van der Waals surface area contributed by atoms with E-state index in [9.17, 15) is 4.39 Å². The second-order valence-electron chi connectivity index (χ2n) is 5.10. The van der Waals surface area contributed by atoms with E-state index in [0.717, 1.165) is 0 Å². The van der Waals surface area contributed by atoms with Crippen molar-refractivity contribution in [1.82, 2.24) is 5.32 Å². The Morgan fingerprint density at radius 1 is 1.29 bits per heavy atom. The van der Waals surface area contributed by atoms with Crippen LogP contribution < -0.4 is 19.5 Å². The minimum absolute atomic E-state index is 0.0175. The second kappa shape index (κ2) is 6.69. The van der Waals surface area contributed by atoms with Crippen molar-refractivity contribution in [3.63, 3.8) is 0 Å². The average molecular weight is 340 g/mol. The lowest BCUT2D eigenvalue weighted by atomic mass is 9.81. The van der Waals surface area contributed by atoms with Crippen molar-refractivity contribution < 1.29 is 33.7 Å². The van der Waals surface area contributed by atoms with Crippen LogP contribution in [0.15, 0.2) is 42.4 Å². The third-order valence-electron chi connectivity index (χ3n) is 3.58. The van der Waals surface area contributed by atoms with Crippen LogP contribution in [-0.4, -0.2) is 26.3 Å². The molecule has 4 rings (SSSR count). The van der Waals surface area contributed by atoms with Crippen molar-refractivity contribution in [2.45, 2.75) is 12.3 Å². The topological polar surface area (TPSA) is 39.7 Å². The summed E-state index contributed by atoms with van der Waals surface area (Å²) in [6.45, 7) is -8.09. The maximum atomic E-state index is 14.1. The number of ether oxygens (including phenoxy) is 3. The molecule has 2 aromatic carbocycles. The van der Waals surface area contributed by atoms with Gasteiger partial charge in [0.2, 0.25) is 6.75 Å². The zero-order valence-corrected chi connectivity index (χ0v) is 12.3. The van der Waals surface area contributed by atoms with Gasteiger partial charge < -0.3 is 19.5 Å². The molecule has 2 aromatic rings. The Hall–Kier alpha value is -2.27. The second-order valence-corrected chi connectivity index (χ2v) is 5.10. The van der Waals surface area contributed by atoms with Crippen LogP contribution in [0.5, 0.6) is 17.2 Å². The highest BCUT2D eigenvalue weighted by Crippen LogP contribution is 2.36. The summed E-state index contributed by atoms with van der Waals surface area (Å²) in [5.74, 6) is -5.22. The summed E-state index contributed by atoms with van der Waals surface area (Å²) in [5.41, 5.74) is -0.643. The summed E-state index contributed by atoms with van der Waals surface area (Å²) in [5, 5.41) is 2.16. The summed E-state index contributed by atoms with van der Waals surface area (Å²) >= 11 is 0. The molecular formula is C19H20FNO3. The zero-order valence-electron chi connectivity index (χ0n) is 23.3. The molecule has 4 nitrogen and oxygen atoms in total. The fraction of sp³-hybridized carbons (Fsp3) is 0.368. The molecule has 1 unspecified atom stereocenters. The molecule has 0 bridgehead atoms. The largest absolute Gasteiger partial charge is 0.493 e. The van der Waals surface area contributed by atoms with Crippen molar-refractivity contribution in [1.29, 1.82) is 0 Å². The van der Waals surface area contributed by atoms with E-state index < -0.39 is 80.1 Å². The van der Waals surface area contributed by atoms with E-state index in [4.69, 9.17) is 29.3 Å². The summed E-state index contributed by atoms with van der Waals surface area (Å²) < 4.78 is 119. The third kappa shape index (κ3) is 3.17. The van der Waals surface area contributed by atoms with Gasteiger partial charge in [-0.1, -0.05) is 12.1 Å². The third-order valence-corrected chi connectivity index (χ3v) is 3.58. The molecule has 1 fully saturated rings. The Labute approximate surface area is 156 Å². The highest BCUT2D eigenvalue weighted by atomic mass is 19.1. The van der Waals surface area contributed by atoms with Crippen LogP contribution in [-0.2, 0) is 0 Å². The Balaban J connectivity index is 1.75. The van der Waals surface area contributed by atoms with Crippen LogP contribution in [0.4, 0.5) is 4.39 Å². The molecule has 2 atom stereocenters. The lowest BCUT2D eigenvalue weighted by Crippen LogP contribution is -2.38. The highest BCUT2D eigenvalue weighted by molar-refractivity contribution is 5.46. The van der Waals surface area contributed by atoms with E-state index in [1.165, 1.54) is 18.2 Å². The van der Waals surface area contributed by atoms with Gasteiger partial charge in [0.15, 0.2) is 11.5 Å². The minimum atomic E-state index is -2.63. The van der Waals surface area contributed by atoms with Gasteiger partial charge in [-0.25, -0.2) is 4.39 Å². The monoisotopic (exact) mass is 340 g/mol. The number of benzene rings is 2. The number of nitrogens with one attached hydrogen (secondary N) is 1. The maximum Gasteiger partial charge on any atom is 0.231 e. The van der Waals surface area contributed by atoms with Crippen molar-refractivity contribution in [3.05, 3.63) is 53.7 Å². The van der Waals surface area contributed by atoms with E-state index in [-0.39, 0.29) is 17.2 Å². The Kier molecular flexibility index (Phi) is 2.04. The van der Waals surface area contributed by atoms with E-state index in [2.05, 4.69) is 5.32 Å². The van der Waals surface area contributed by atoms with Crippen molar-refractivity contribution in [2.24, 2.45) is 5.92 Å². The highest BCUT2D eigenvalue weighted by Gasteiger charge is 2.27. The van der Waals surface area contributed by atoms with Crippen LogP contribution >= 0.6 is 0 Å². The summed E-state index contributed by atoms with van der Waals surface area (Å²) in [6, 6.07) is 0.134. The van der Waals surface area contributed by atoms with E-state index in [1.807, 2.05) is 0 Å². The number of rotatable bonds is 4. The molecule has 2 heterocycles. The fourth-order valence-electron chi connectivity index (χ4n) is 2.38. The van der Waals surface area contributed by atoms with Gasteiger partial charge in [0.25, 0.3) is 0 Å². The number of piperidine rings is 1. The Morgan fingerprint density at radius 2 is 2.12 bits per heavy atom. The van der Waals surface area contributed by atoms with Gasteiger partial charge in [0.1, 0.15) is 14.3 Å². The lowest BCUT2D eigenvalue weighted by molar-refractivity contribution is 0.173. The first kappa shape index (κ1) is 7.31. The standard InChI is InChI=1S/C19H20FNO3/c20-15-3-1-13(2-4-15)17-7-8-21-10-14(17)11-22-16-5-6-18-19(9-16)24-12-23-18/h1-6,9,14,17,21H,7-8,10-12H2/t14?,17-/m0/s1/i1D,2D,3D,4D,8D2,10D2,12D2,17D. The van der Waals surface area contributed by atoms with Crippen molar-refractivity contribution in [2.75, 3.05) is 26.3 Å². The molecule has 126 valence electrons. The molecule has 0 spiro atoms. The SMILES string of the molecule is [2H]c1c([2H])c([C@]2([2H])CC([2H])([2H])NC([2H])([2H])C2COc2ccc3c(c2)OC([2H])([2H])O3)c([2H])c([2H])c1F. The first-order chi connectivity index (χ1) is 16.0. The molecule has 24 heavy (non-hydrogen) atoms. The number of halogens is 1. The maximum absolute atomic E-state index is 14.1. The van der Waals surface area contributed by atoms with Crippen LogP contribution in [0.1, 0.15) is 33.0 Å². The Bertz CT molecular complexity index is 1170. The van der Waals surface area contributed by atoms with E-state index >= 15 is 0 Å². The molecule has 0 saturated carbocycles. The number of fused-ring (bicyclic) bond motifs is 1. The summed E-state index contributed by atoms with van der Waals surface area (Å²) in [7, 11) is 0. The molecule has 0 aromatic heterocycles. The molecule has 5 heteroatoms. The van der Waals surface area contributed by atoms with Gasteiger partial charge in [0.05, 0.1) is 12.1 Å². The van der Waals surface area contributed by atoms with Crippen LogP contribution in [0.3, 0.4) is 0 Å². The summed E-state index contributed by atoms with van der Waals surface area (Å²) in [4.78, 5) is 0. The van der Waals surface area contributed by atoms with Crippen LogP contribution in [0.25, 0.3) is 0 Å². The van der Waals surface area contributed by atoms with E-state index in [0.29, 0.717) is 0 Å². The first-order valence-electron chi connectivity index (χ1n) is 12.7. The van der Waals surface area contributed by atoms with Gasteiger partial charge in [-0.15, -0.1) is 0 Å². The molecule has 1 N–H and O–H groups in total. The quantitative estimate of drug-likeness (QED) is 0.927. The first-order valence-corrected chi connectivity index (χ1v) is 7.18. The molecular weight excluding hydrogens is 309 g/mol. The number of hydrogen-bond donors (Lipinski definition) is 1. The smallest absolute Gasteiger partial charge is 0.231 e. The minimum Gasteiger partial charge on any atom is -0.493 e. The molecule has 0 radical (unpaired) electrons. The molecule has 2 aliphatic heterocycles. The predicted octanol–water partition coefficient (Wildman–Crippen LogP) is 3.33. The molecule has 2 aliphatic rings. The zero-order chi connectivity index (χ0) is 26.1. The average Bonchev–Trinajstić information content (AvgIpc) is 3.01. The molecule has 0 amide bonds. The summed E-state index contributed by atoms with van der Waals surface area (Å²) in [6.07, 6.45) is -0.781. The van der Waals surface area contributed by atoms with Gasteiger partial charge >= 0.3 is 0 Å². The van der Waals surface area contributed by atoms with E-state index in [1.54, 1.807) is 0 Å².